The number of benzene rings is 2. The summed E-state index contributed by atoms with van der Waals surface area (Å²) < 4.78 is 7.38. The Bertz CT molecular complexity index is 1100. The van der Waals surface area contributed by atoms with Crippen molar-refractivity contribution in [3.05, 3.63) is 101 Å². The summed E-state index contributed by atoms with van der Waals surface area (Å²) in [4.78, 5) is 16.9. The minimum Gasteiger partial charge on any atom is -0.372 e. The first-order chi connectivity index (χ1) is 14.2. The van der Waals surface area contributed by atoms with Gasteiger partial charge in [-0.1, -0.05) is 54.6 Å². The highest BCUT2D eigenvalue weighted by Crippen LogP contribution is 2.13. The first-order valence-corrected chi connectivity index (χ1v) is 9.48. The largest absolute Gasteiger partial charge is 0.372 e. The van der Waals surface area contributed by atoms with E-state index < -0.39 is 0 Å². The number of hydrogen-bond acceptors (Lipinski definition) is 4. The molecule has 29 heavy (non-hydrogen) atoms. The predicted molar refractivity (Wildman–Crippen MR) is 110 cm³/mol. The van der Waals surface area contributed by atoms with E-state index in [4.69, 9.17) is 4.74 Å². The molecule has 0 aliphatic heterocycles. The Morgan fingerprint density at radius 1 is 0.966 bits per heavy atom. The topological polar surface area (TPSA) is 68.5 Å². The molecule has 0 radical (unpaired) electrons. The Balaban J connectivity index is 1.32. The average molecular weight is 386 g/mol. The van der Waals surface area contributed by atoms with Crippen LogP contribution in [-0.4, -0.2) is 20.5 Å². The van der Waals surface area contributed by atoms with Gasteiger partial charge in [-0.2, -0.15) is 5.10 Å². The molecule has 0 aliphatic rings. The van der Waals surface area contributed by atoms with Gasteiger partial charge in [0.15, 0.2) is 5.65 Å². The smallest absolute Gasteiger partial charge is 0.257 e. The number of fused-ring (bicyclic) bond motifs is 1. The lowest BCUT2D eigenvalue weighted by molar-refractivity contribution is 0.0951. The van der Waals surface area contributed by atoms with Gasteiger partial charge in [-0.25, -0.2) is 9.50 Å². The number of nitrogens with zero attached hydrogens (tertiary/aromatic N) is 3. The van der Waals surface area contributed by atoms with Crippen LogP contribution in [0.5, 0.6) is 0 Å². The number of ether oxygens (including phenoxy) is 1. The van der Waals surface area contributed by atoms with E-state index in [1.165, 1.54) is 0 Å². The first-order valence-electron chi connectivity index (χ1n) is 9.48. The molecule has 2 aromatic carbocycles. The third-order valence-corrected chi connectivity index (χ3v) is 4.65. The highest BCUT2D eigenvalue weighted by atomic mass is 16.5. The van der Waals surface area contributed by atoms with Crippen molar-refractivity contribution in [2.45, 2.75) is 26.7 Å². The Morgan fingerprint density at radius 2 is 1.66 bits per heavy atom. The van der Waals surface area contributed by atoms with Gasteiger partial charge in [0.05, 0.1) is 18.9 Å². The molecule has 0 aliphatic carbocycles. The first kappa shape index (κ1) is 18.8. The molecule has 4 aromatic rings. The van der Waals surface area contributed by atoms with E-state index >= 15 is 0 Å². The SMILES string of the molecule is Cc1nn2cccnc2c1C(=O)NCc1ccc(COCc2ccccc2)cc1. The van der Waals surface area contributed by atoms with Crippen LogP contribution in [-0.2, 0) is 24.5 Å². The van der Waals surface area contributed by atoms with E-state index in [0.29, 0.717) is 36.7 Å². The number of amides is 1. The maximum atomic E-state index is 12.6. The zero-order valence-corrected chi connectivity index (χ0v) is 16.2. The summed E-state index contributed by atoms with van der Waals surface area (Å²) in [6, 6.07) is 19.9. The van der Waals surface area contributed by atoms with Gasteiger partial charge in [0.25, 0.3) is 5.91 Å². The number of carbonyl (C=O) groups excluding carboxylic acids is 1. The van der Waals surface area contributed by atoms with Crippen molar-refractivity contribution in [1.29, 1.82) is 0 Å². The van der Waals surface area contributed by atoms with Crippen molar-refractivity contribution in [3.63, 3.8) is 0 Å². The number of carbonyl (C=O) groups is 1. The molecular weight excluding hydrogens is 364 g/mol. The van der Waals surface area contributed by atoms with Gasteiger partial charge in [-0.05, 0) is 29.7 Å². The van der Waals surface area contributed by atoms with Crippen LogP contribution >= 0.6 is 0 Å². The zero-order valence-electron chi connectivity index (χ0n) is 16.2. The summed E-state index contributed by atoms with van der Waals surface area (Å²) in [7, 11) is 0. The van der Waals surface area contributed by atoms with Crippen molar-refractivity contribution in [3.8, 4) is 0 Å². The summed E-state index contributed by atoms with van der Waals surface area (Å²) in [5.74, 6) is -0.175. The molecule has 0 unspecified atom stereocenters. The van der Waals surface area contributed by atoms with Crippen molar-refractivity contribution >= 4 is 11.6 Å². The predicted octanol–water partition coefficient (Wildman–Crippen LogP) is 3.68. The fraction of sp³-hybridized carbons (Fsp3) is 0.174. The summed E-state index contributed by atoms with van der Waals surface area (Å²) in [6.45, 7) is 3.39. The van der Waals surface area contributed by atoms with Crippen LogP contribution in [0.4, 0.5) is 0 Å². The quantitative estimate of drug-likeness (QED) is 0.526. The molecular formula is C23H22N4O2. The Morgan fingerprint density at radius 3 is 2.41 bits per heavy atom. The van der Waals surface area contributed by atoms with E-state index in [9.17, 15) is 4.79 Å². The molecule has 2 aromatic heterocycles. The summed E-state index contributed by atoms with van der Waals surface area (Å²) in [5.41, 5.74) is 5.01. The van der Waals surface area contributed by atoms with Crippen LogP contribution in [0.2, 0.25) is 0 Å². The lowest BCUT2D eigenvalue weighted by Crippen LogP contribution is -2.23. The Hall–Kier alpha value is -3.51. The van der Waals surface area contributed by atoms with Crippen LogP contribution in [0.1, 0.15) is 32.7 Å². The molecule has 2 heterocycles. The highest BCUT2D eigenvalue weighted by Gasteiger charge is 2.17. The second-order valence-electron chi connectivity index (χ2n) is 6.83. The fourth-order valence-corrected chi connectivity index (χ4v) is 3.15. The number of aromatic nitrogens is 3. The Labute approximate surface area is 169 Å². The van der Waals surface area contributed by atoms with Gasteiger partial charge in [0, 0.05) is 18.9 Å². The van der Waals surface area contributed by atoms with E-state index in [1.54, 1.807) is 23.0 Å². The minimum absolute atomic E-state index is 0.175. The highest BCUT2D eigenvalue weighted by molar-refractivity contribution is 6.00. The summed E-state index contributed by atoms with van der Waals surface area (Å²) in [5, 5.41) is 7.29. The maximum Gasteiger partial charge on any atom is 0.257 e. The average Bonchev–Trinajstić information content (AvgIpc) is 3.09. The second kappa shape index (κ2) is 8.67. The molecule has 4 rings (SSSR count). The number of aryl methyl sites for hydroxylation is 1. The third kappa shape index (κ3) is 4.50. The van der Waals surface area contributed by atoms with Gasteiger partial charge >= 0.3 is 0 Å². The van der Waals surface area contributed by atoms with Crippen molar-refractivity contribution in [2.24, 2.45) is 0 Å². The maximum absolute atomic E-state index is 12.6. The van der Waals surface area contributed by atoms with Gasteiger partial charge < -0.3 is 10.1 Å². The Kier molecular flexibility index (Phi) is 5.63. The molecule has 0 saturated carbocycles. The molecule has 146 valence electrons. The molecule has 6 heteroatoms. The van der Waals surface area contributed by atoms with Crippen molar-refractivity contribution in [1.82, 2.24) is 19.9 Å². The number of hydrogen-bond donors (Lipinski definition) is 1. The van der Waals surface area contributed by atoms with Gasteiger partial charge in [0.2, 0.25) is 0 Å². The molecule has 0 saturated heterocycles. The molecule has 0 atom stereocenters. The number of nitrogens with one attached hydrogen (secondary N) is 1. The number of rotatable bonds is 7. The van der Waals surface area contributed by atoms with Crippen LogP contribution in [0.3, 0.4) is 0 Å². The fourth-order valence-electron chi connectivity index (χ4n) is 3.15. The third-order valence-electron chi connectivity index (χ3n) is 4.65. The van der Waals surface area contributed by atoms with E-state index in [2.05, 4.69) is 15.4 Å². The van der Waals surface area contributed by atoms with Gasteiger partial charge in [-0.15, -0.1) is 0 Å². The second-order valence-corrected chi connectivity index (χ2v) is 6.83. The van der Waals surface area contributed by atoms with E-state index in [-0.39, 0.29) is 5.91 Å². The lowest BCUT2D eigenvalue weighted by Gasteiger charge is -2.07. The van der Waals surface area contributed by atoms with Crippen LogP contribution < -0.4 is 5.32 Å². The zero-order chi connectivity index (χ0) is 20.1. The molecule has 6 nitrogen and oxygen atoms in total. The van der Waals surface area contributed by atoms with E-state index in [1.807, 2.05) is 61.5 Å². The molecule has 0 bridgehead atoms. The van der Waals surface area contributed by atoms with Crippen LogP contribution in [0, 0.1) is 6.92 Å². The van der Waals surface area contributed by atoms with Gasteiger partial charge in [0.1, 0.15) is 5.56 Å². The van der Waals surface area contributed by atoms with Crippen molar-refractivity contribution in [2.75, 3.05) is 0 Å². The standard InChI is InChI=1S/C23H22N4O2/c1-17-21(22-24-12-5-13-27(22)26-17)23(28)25-14-18-8-10-20(11-9-18)16-29-15-19-6-3-2-4-7-19/h2-13H,14-16H2,1H3,(H,25,28). The molecule has 0 fully saturated rings. The molecule has 1 amide bonds. The molecule has 1 N–H and O–H groups in total. The van der Waals surface area contributed by atoms with Crippen molar-refractivity contribution < 1.29 is 9.53 Å². The monoisotopic (exact) mass is 386 g/mol. The van der Waals surface area contributed by atoms with Crippen LogP contribution in [0.15, 0.2) is 73.1 Å². The summed E-state index contributed by atoms with van der Waals surface area (Å²) >= 11 is 0. The van der Waals surface area contributed by atoms with Crippen LogP contribution in [0.25, 0.3) is 5.65 Å². The van der Waals surface area contributed by atoms with E-state index in [0.717, 1.165) is 16.7 Å². The normalized spacial score (nSPS) is 10.9. The lowest BCUT2D eigenvalue weighted by atomic mass is 10.1. The van der Waals surface area contributed by atoms with Gasteiger partial charge in [-0.3, -0.25) is 4.79 Å². The minimum atomic E-state index is -0.175. The summed E-state index contributed by atoms with van der Waals surface area (Å²) in [6.07, 6.45) is 3.44. The molecule has 0 spiro atoms.